The van der Waals surface area contributed by atoms with Crippen molar-refractivity contribution in [3.63, 3.8) is 0 Å². The fourth-order valence-electron chi connectivity index (χ4n) is 5.55. The van der Waals surface area contributed by atoms with Crippen molar-refractivity contribution in [1.29, 1.82) is 0 Å². The molecule has 1 amide bonds. The van der Waals surface area contributed by atoms with Gasteiger partial charge in [-0.15, -0.1) is 0 Å². The zero-order valence-electron chi connectivity index (χ0n) is 28.8. The second kappa shape index (κ2) is 33.1. The maximum atomic E-state index is 12.9. The first-order valence-corrected chi connectivity index (χ1v) is 19.5. The summed E-state index contributed by atoms with van der Waals surface area (Å²) in [6.07, 6.45) is 36.4. The second-order valence-electron chi connectivity index (χ2n) is 12.7. The Kier molecular flexibility index (Phi) is 32.2. The molecular formula is C37H70NO5P. The van der Waals surface area contributed by atoms with E-state index in [0.717, 1.165) is 49.6 Å². The average molecular weight is 640 g/mol. The van der Waals surface area contributed by atoms with Gasteiger partial charge in [0.05, 0.1) is 15.3 Å². The van der Waals surface area contributed by atoms with Crippen LogP contribution in [0.3, 0.4) is 0 Å². The van der Waals surface area contributed by atoms with E-state index < -0.39 is 27.3 Å². The van der Waals surface area contributed by atoms with Crippen molar-refractivity contribution in [2.45, 2.75) is 200 Å². The second-order valence-corrected chi connectivity index (χ2v) is 13.9. The summed E-state index contributed by atoms with van der Waals surface area (Å²) in [5.41, 5.74) is -0.0963. The SMILES string of the molecule is CCCCCCCCC=CCCCCCCCC(=O)PN(C(=O)CCCCCCCCCCCCCCC)[C@@H](CO)C(=O)O. The van der Waals surface area contributed by atoms with Crippen LogP contribution in [0.25, 0.3) is 0 Å². The lowest BCUT2D eigenvalue weighted by atomic mass is 10.0. The van der Waals surface area contributed by atoms with Gasteiger partial charge in [-0.1, -0.05) is 154 Å². The van der Waals surface area contributed by atoms with Crippen molar-refractivity contribution in [2.75, 3.05) is 6.61 Å². The summed E-state index contributed by atoms with van der Waals surface area (Å²) in [5, 5.41) is 19.2. The lowest BCUT2D eigenvalue weighted by Crippen LogP contribution is -2.43. The average Bonchev–Trinajstić information content (AvgIpc) is 3.01. The molecule has 0 saturated heterocycles. The number of hydrogen-bond donors (Lipinski definition) is 2. The maximum absolute atomic E-state index is 12.9. The Labute approximate surface area is 273 Å². The molecule has 0 aromatic carbocycles. The number of hydrogen-bond acceptors (Lipinski definition) is 4. The third-order valence-electron chi connectivity index (χ3n) is 8.44. The Morgan fingerprint density at radius 2 is 0.932 bits per heavy atom. The van der Waals surface area contributed by atoms with E-state index >= 15 is 0 Å². The number of rotatable bonds is 34. The van der Waals surface area contributed by atoms with Crippen molar-refractivity contribution < 1.29 is 24.6 Å². The van der Waals surface area contributed by atoms with Crippen molar-refractivity contribution >= 4 is 26.1 Å². The van der Waals surface area contributed by atoms with Crippen LogP contribution in [0.15, 0.2) is 12.2 Å². The Morgan fingerprint density at radius 1 is 0.568 bits per heavy atom. The molecular weight excluding hydrogens is 569 g/mol. The Morgan fingerprint density at radius 3 is 1.32 bits per heavy atom. The zero-order chi connectivity index (χ0) is 32.5. The number of carbonyl (C=O) groups is 3. The van der Waals surface area contributed by atoms with E-state index in [0.29, 0.717) is 12.8 Å². The summed E-state index contributed by atoms with van der Waals surface area (Å²) in [4.78, 5) is 37.2. The van der Waals surface area contributed by atoms with Gasteiger partial charge >= 0.3 is 5.97 Å². The van der Waals surface area contributed by atoms with Gasteiger partial charge in [-0.25, -0.2) is 4.79 Å². The van der Waals surface area contributed by atoms with Gasteiger partial charge in [0, 0.05) is 12.8 Å². The summed E-state index contributed by atoms with van der Waals surface area (Å²) in [7, 11) is -0.526. The molecule has 0 aliphatic heterocycles. The standard InChI is InChI=1S/C37H70NO5P/c1-3-5-7-9-11-13-15-17-18-20-22-24-26-28-30-32-36(41)44-38(34(33-39)37(42)43)35(40)31-29-27-25-23-21-19-16-14-12-10-8-6-4-2/h17-18,34,39,44H,3-16,19-33H2,1-2H3,(H,42,43)/t34-/m0/s1. The molecule has 0 rings (SSSR count). The monoisotopic (exact) mass is 639 g/mol. The summed E-state index contributed by atoms with van der Waals surface area (Å²) < 4.78 is 1.13. The van der Waals surface area contributed by atoms with Gasteiger partial charge in [-0.05, 0) is 38.5 Å². The fraction of sp³-hybridized carbons (Fsp3) is 0.865. The molecule has 0 aliphatic carbocycles. The van der Waals surface area contributed by atoms with Crippen LogP contribution in [0.2, 0.25) is 0 Å². The maximum Gasteiger partial charge on any atom is 0.329 e. The molecule has 0 saturated carbocycles. The number of carboxylic acids is 1. The molecule has 1 unspecified atom stereocenters. The van der Waals surface area contributed by atoms with Crippen molar-refractivity contribution in [1.82, 2.24) is 4.67 Å². The number of aliphatic hydroxyl groups excluding tert-OH is 1. The molecule has 44 heavy (non-hydrogen) atoms. The summed E-state index contributed by atoms with van der Waals surface area (Å²) in [5.74, 6) is -1.58. The van der Waals surface area contributed by atoms with Crippen LogP contribution in [0.4, 0.5) is 0 Å². The number of amides is 1. The molecule has 6 nitrogen and oxygen atoms in total. The minimum absolute atomic E-state index is 0.0963. The minimum atomic E-state index is -1.35. The first-order valence-electron chi connectivity index (χ1n) is 18.6. The summed E-state index contributed by atoms with van der Waals surface area (Å²) in [6.45, 7) is 3.82. The highest BCUT2D eigenvalue weighted by atomic mass is 31.1. The van der Waals surface area contributed by atoms with Crippen molar-refractivity contribution in [3.8, 4) is 0 Å². The van der Waals surface area contributed by atoms with E-state index in [1.54, 1.807) is 0 Å². The number of carbonyl (C=O) groups excluding carboxylic acids is 2. The molecule has 0 aromatic rings. The molecule has 7 heteroatoms. The molecule has 0 aromatic heterocycles. The van der Waals surface area contributed by atoms with Gasteiger partial charge in [0.25, 0.3) is 0 Å². The predicted octanol–water partition coefficient (Wildman–Crippen LogP) is 10.9. The van der Waals surface area contributed by atoms with E-state index in [4.69, 9.17) is 0 Å². The summed E-state index contributed by atoms with van der Waals surface area (Å²) in [6, 6.07) is -1.35. The molecule has 2 atom stereocenters. The first kappa shape index (κ1) is 42.7. The molecule has 0 bridgehead atoms. The predicted molar refractivity (Wildman–Crippen MR) is 188 cm³/mol. The lowest BCUT2D eigenvalue weighted by molar-refractivity contribution is -0.147. The van der Waals surface area contributed by atoms with Gasteiger partial charge in [0.15, 0.2) is 11.6 Å². The van der Waals surface area contributed by atoms with Gasteiger partial charge in [-0.3, -0.25) is 9.59 Å². The minimum Gasteiger partial charge on any atom is -0.480 e. The number of nitrogens with zero attached hydrogens (tertiary/aromatic N) is 1. The van der Waals surface area contributed by atoms with Crippen LogP contribution < -0.4 is 0 Å². The number of unbranched alkanes of at least 4 members (excludes halogenated alkanes) is 23. The molecule has 2 N–H and O–H groups in total. The molecule has 0 radical (unpaired) electrons. The van der Waals surface area contributed by atoms with Gasteiger partial charge in [-0.2, -0.15) is 0 Å². The third-order valence-corrected chi connectivity index (χ3v) is 9.74. The van der Waals surface area contributed by atoms with Crippen LogP contribution in [-0.4, -0.2) is 44.9 Å². The number of carboxylic acid groups (broad SMARTS) is 1. The normalized spacial score (nSPS) is 12.4. The highest BCUT2D eigenvalue weighted by Gasteiger charge is 2.30. The summed E-state index contributed by atoms with van der Waals surface area (Å²) >= 11 is 0. The van der Waals surface area contributed by atoms with E-state index in [9.17, 15) is 24.6 Å². The smallest absolute Gasteiger partial charge is 0.329 e. The third kappa shape index (κ3) is 27.1. The number of allylic oxidation sites excluding steroid dienone is 2. The quantitative estimate of drug-likeness (QED) is 0.0415. The van der Waals surface area contributed by atoms with Crippen molar-refractivity contribution in [3.05, 3.63) is 12.2 Å². The fourth-order valence-corrected chi connectivity index (χ4v) is 6.69. The largest absolute Gasteiger partial charge is 0.480 e. The van der Waals surface area contributed by atoms with Crippen LogP contribution >= 0.6 is 8.73 Å². The Balaban J connectivity index is 4.06. The van der Waals surface area contributed by atoms with Crippen LogP contribution in [0.1, 0.15) is 194 Å². The van der Waals surface area contributed by atoms with Crippen molar-refractivity contribution in [2.24, 2.45) is 0 Å². The number of aliphatic hydroxyl groups is 1. The first-order chi connectivity index (χ1) is 21.5. The number of aliphatic carboxylic acids is 1. The lowest BCUT2D eigenvalue weighted by Gasteiger charge is -2.27. The highest BCUT2D eigenvalue weighted by molar-refractivity contribution is 7.56. The van der Waals surface area contributed by atoms with E-state index in [2.05, 4.69) is 26.0 Å². The van der Waals surface area contributed by atoms with Crippen LogP contribution in [0, 0.1) is 0 Å². The topological polar surface area (TPSA) is 94.9 Å². The molecule has 0 aliphatic rings. The molecule has 0 spiro atoms. The molecule has 258 valence electrons. The van der Waals surface area contributed by atoms with Gasteiger partial charge < -0.3 is 14.9 Å². The van der Waals surface area contributed by atoms with Gasteiger partial charge in [0.1, 0.15) is 0 Å². The van der Waals surface area contributed by atoms with E-state index in [1.807, 2.05) is 0 Å². The van der Waals surface area contributed by atoms with E-state index in [-0.39, 0.29) is 17.9 Å². The highest BCUT2D eigenvalue weighted by Crippen LogP contribution is 2.27. The van der Waals surface area contributed by atoms with E-state index in [1.165, 1.54) is 116 Å². The molecule has 0 heterocycles. The Hall–Kier alpha value is -1.26. The molecule has 0 fully saturated rings. The van der Waals surface area contributed by atoms with Gasteiger partial charge in [0.2, 0.25) is 5.91 Å². The van der Waals surface area contributed by atoms with Crippen LogP contribution in [0.5, 0.6) is 0 Å². The Bertz CT molecular complexity index is 714. The zero-order valence-corrected chi connectivity index (χ0v) is 29.8. The van der Waals surface area contributed by atoms with Crippen LogP contribution in [-0.2, 0) is 14.4 Å².